The summed E-state index contributed by atoms with van der Waals surface area (Å²) in [5.41, 5.74) is 6.55. The van der Waals surface area contributed by atoms with Gasteiger partial charge in [0.1, 0.15) is 0 Å². The van der Waals surface area contributed by atoms with Gasteiger partial charge in [0.15, 0.2) is 0 Å². The first-order valence-electron chi connectivity index (χ1n) is 6.11. The van der Waals surface area contributed by atoms with E-state index in [0.717, 1.165) is 5.56 Å². The molecule has 0 saturated carbocycles. The van der Waals surface area contributed by atoms with Crippen LogP contribution in [0.3, 0.4) is 0 Å². The van der Waals surface area contributed by atoms with Crippen molar-refractivity contribution in [3.63, 3.8) is 0 Å². The van der Waals surface area contributed by atoms with Crippen molar-refractivity contribution >= 4 is 12.1 Å². The molecule has 0 aliphatic heterocycles. The zero-order valence-corrected chi connectivity index (χ0v) is 11.7. The van der Waals surface area contributed by atoms with Gasteiger partial charge in [-0.2, -0.15) is 13.2 Å². The number of hydrogen-bond acceptors (Lipinski definition) is 3. The molecule has 0 radical (unpaired) electrons. The lowest BCUT2D eigenvalue weighted by Crippen LogP contribution is -2.38. The zero-order chi connectivity index (χ0) is 17.3. The number of carboxylic acids is 1. The summed E-state index contributed by atoms with van der Waals surface area (Å²) in [4.78, 5) is 21.1. The Hall–Kier alpha value is -2.29. The zero-order valence-electron chi connectivity index (χ0n) is 11.7. The van der Waals surface area contributed by atoms with Gasteiger partial charge < -0.3 is 20.8 Å². The van der Waals surface area contributed by atoms with Gasteiger partial charge in [-0.1, -0.05) is 30.3 Å². The molecule has 0 saturated heterocycles. The van der Waals surface area contributed by atoms with Crippen molar-refractivity contribution in [3.8, 4) is 0 Å². The smallest absolute Gasteiger partial charge is 0.475 e. The van der Waals surface area contributed by atoms with E-state index in [2.05, 4.69) is 0 Å². The Morgan fingerprint density at radius 2 is 1.68 bits per heavy atom. The van der Waals surface area contributed by atoms with E-state index >= 15 is 0 Å². The number of aliphatic carboxylic acids is 1. The summed E-state index contributed by atoms with van der Waals surface area (Å²) in [5, 5.41) is 16.1. The number of nitrogens with zero attached hydrogens (tertiary/aromatic N) is 1. The first kappa shape index (κ1) is 19.7. The van der Waals surface area contributed by atoms with Crippen molar-refractivity contribution in [1.82, 2.24) is 4.90 Å². The largest absolute Gasteiger partial charge is 0.490 e. The number of rotatable bonds is 4. The molecule has 0 aliphatic carbocycles. The fraction of sp³-hybridized carbons (Fsp3) is 0.385. The van der Waals surface area contributed by atoms with Crippen LogP contribution in [0.5, 0.6) is 0 Å². The third kappa shape index (κ3) is 8.80. The van der Waals surface area contributed by atoms with E-state index in [-0.39, 0.29) is 6.04 Å². The van der Waals surface area contributed by atoms with Crippen molar-refractivity contribution in [2.45, 2.75) is 25.7 Å². The third-order valence-corrected chi connectivity index (χ3v) is 2.24. The third-order valence-electron chi connectivity index (χ3n) is 2.24. The van der Waals surface area contributed by atoms with E-state index in [1.165, 1.54) is 4.90 Å². The second kappa shape index (κ2) is 8.88. The summed E-state index contributed by atoms with van der Waals surface area (Å²) in [6.45, 7) is 2.53. The first-order chi connectivity index (χ1) is 10.0. The maximum atomic E-state index is 10.9. The van der Waals surface area contributed by atoms with Crippen molar-refractivity contribution in [2.24, 2.45) is 5.73 Å². The SMILES string of the molecule is C[C@@H](N)CN(Cc1ccccc1)C(=O)O.O=C(O)C(F)(F)F. The van der Waals surface area contributed by atoms with Crippen LogP contribution in [0.1, 0.15) is 12.5 Å². The van der Waals surface area contributed by atoms with Crippen LogP contribution in [-0.4, -0.2) is 45.9 Å². The minimum Gasteiger partial charge on any atom is -0.475 e. The lowest BCUT2D eigenvalue weighted by atomic mass is 10.2. The van der Waals surface area contributed by atoms with Crippen LogP contribution in [0.2, 0.25) is 0 Å². The molecule has 6 nitrogen and oxygen atoms in total. The van der Waals surface area contributed by atoms with Gasteiger partial charge in [0, 0.05) is 19.1 Å². The molecule has 0 bridgehead atoms. The second-order valence-corrected chi connectivity index (χ2v) is 4.43. The topological polar surface area (TPSA) is 104 Å². The molecule has 1 atom stereocenters. The van der Waals surface area contributed by atoms with Gasteiger partial charge in [0.25, 0.3) is 0 Å². The van der Waals surface area contributed by atoms with Crippen LogP contribution in [0.4, 0.5) is 18.0 Å². The number of nitrogens with two attached hydrogens (primary N) is 1. The highest BCUT2D eigenvalue weighted by Crippen LogP contribution is 2.13. The molecule has 1 amide bonds. The number of halogens is 3. The average molecular weight is 322 g/mol. The Morgan fingerprint density at radius 1 is 1.23 bits per heavy atom. The normalized spacial score (nSPS) is 11.9. The maximum Gasteiger partial charge on any atom is 0.490 e. The van der Waals surface area contributed by atoms with Gasteiger partial charge >= 0.3 is 18.2 Å². The molecule has 1 aromatic rings. The van der Waals surface area contributed by atoms with Crippen molar-refractivity contribution < 1.29 is 33.0 Å². The Balaban J connectivity index is 0.000000534. The number of amides is 1. The number of carboxylic acid groups (broad SMARTS) is 2. The lowest BCUT2D eigenvalue weighted by molar-refractivity contribution is -0.192. The minimum atomic E-state index is -5.08. The Morgan fingerprint density at radius 3 is 2.00 bits per heavy atom. The molecule has 124 valence electrons. The van der Waals surface area contributed by atoms with Crippen LogP contribution >= 0.6 is 0 Å². The molecule has 0 unspecified atom stereocenters. The maximum absolute atomic E-state index is 10.9. The van der Waals surface area contributed by atoms with E-state index in [0.29, 0.717) is 13.1 Å². The van der Waals surface area contributed by atoms with Crippen molar-refractivity contribution in [3.05, 3.63) is 35.9 Å². The van der Waals surface area contributed by atoms with E-state index in [1.54, 1.807) is 6.92 Å². The van der Waals surface area contributed by atoms with Crippen molar-refractivity contribution in [2.75, 3.05) is 6.54 Å². The lowest BCUT2D eigenvalue weighted by Gasteiger charge is -2.21. The van der Waals surface area contributed by atoms with Gasteiger partial charge in [-0.3, -0.25) is 0 Å². The molecule has 0 fully saturated rings. The molecule has 0 aromatic heterocycles. The van der Waals surface area contributed by atoms with Crippen molar-refractivity contribution in [1.29, 1.82) is 0 Å². The minimum absolute atomic E-state index is 0.148. The Kier molecular flexibility index (Phi) is 7.95. The quantitative estimate of drug-likeness (QED) is 0.788. The highest BCUT2D eigenvalue weighted by molar-refractivity contribution is 5.73. The fourth-order valence-electron chi connectivity index (χ4n) is 1.36. The molecular formula is C13H17F3N2O4. The predicted molar refractivity (Wildman–Crippen MR) is 72.2 cm³/mol. The van der Waals surface area contributed by atoms with Crippen LogP contribution in [0.15, 0.2) is 30.3 Å². The number of alkyl halides is 3. The molecular weight excluding hydrogens is 305 g/mol. The standard InChI is InChI=1S/C11H16N2O2.C2HF3O2/c1-9(12)7-13(11(14)15)8-10-5-3-2-4-6-10;3-2(4,5)1(6)7/h2-6,9H,7-8,12H2,1H3,(H,14,15);(H,6,7)/t9-;/m1./s1. The summed E-state index contributed by atoms with van der Waals surface area (Å²) < 4.78 is 31.7. The van der Waals surface area contributed by atoms with E-state index in [9.17, 15) is 18.0 Å². The summed E-state index contributed by atoms with van der Waals surface area (Å²) in [6, 6.07) is 9.33. The van der Waals surface area contributed by atoms with Gasteiger partial charge in [0.05, 0.1) is 0 Å². The second-order valence-electron chi connectivity index (χ2n) is 4.43. The highest BCUT2D eigenvalue weighted by Gasteiger charge is 2.38. The fourth-order valence-corrected chi connectivity index (χ4v) is 1.36. The number of hydrogen-bond donors (Lipinski definition) is 3. The van der Waals surface area contributed by atoms with Crippen LogP contribution in [0, 0.1) is 0 Å². The summed E-state index contributed by atoms with van der Waals surface area (Å²) in [5.74, 6) is -2.76. The van der Waals surface area contributed by atoms with Gasteiger partial charge in [-0.15, -0.1) is 0 Å². The van der Waals surface area contributed by atoms with Gasteiger partial charge in [-0.25, -0.2) is 9.59 Å². The first-order valence-corrected chi connectivity index (χ1v) is 6.11. The van der Waals surface area contributed by atoms with E-state index < -0.39 is 18.2 Å². The summed E-state index contributed by atoms with van der Waals surface area (Å²) in [7, 11) is 0. The molecule has 0 spiro atoms. The average Bonchev–Trinajstić information content (AvgIpc) is 2.38. The highest BCUT2D eigenvalue weighted by atomic mass is 19.4. The molecule has 4 N–H and O–H groups in total. The number of carbonyl (C=O) groups is 2. The van der Waals surface area contributed by atoms with Crippen LogP contribution in [0.25, 0.3) is 0 Å². The molecule has 0 heterocycles. The predicted octanol–water partition coefficient (Wildman–Crippen LogP) is 2.15. The Bertz CT molecular complexity index is 478. The molecule has 0 aliphatic rings. The molecule has 9 heteroatoms. The van der Waals surface area contributed by atoms with Gasteiger partial charge in [0.2, 0.25) is 0 Å². The molecule has 1 aromatic carbocycles. The van der Waals surface area contributed by atoms with E-state index in [1.807, 2.05) is 30.3 Å². The summed E-state index contributed by atoms with van der Waals surface area (Å²) >= 11 is 0. The summed E-state index contributed by atoms with van der Waals surface area (Å²) in [6.07, 6.45) is -6.02. The monoisotopic (exact) mass is 322 g/mol. The van der Waals surface area contributed by atoms with Crippen LogP contribution in [-0.2, 0) is 11.3 Å². The Labute approximate surface area is 124 Å². The molecule has 1 rings (SSSR count). The molecule has 22 heavy (non-hydrogen) atoms. The van der Waals surface area contributed by atoms with Crippen LogP contribution < -0.4 is 5.73 Å². The van der Waals surface area contributed by atoms with E-state index in [4.69, 9.17) is 20.7 Å². The van der Waals surface area contributed by atoms with Gasteiger partial charge in [-0.05, 0) is 12.5 Å². The number of benzene rings is 1.